The summed E-state index contributed by atoms with van der Waals surface area (Å²) < 4.78 is 54.6. The van der Waals surface area contributed by atoms with Crippen LogP contribution in [0.25, 0.3) is 0 Å². The molecule has 2 atom stereocenters. The summed E-state index contributed by atoms with van der Waals surface area (Å²) in [5.74, 6) is -2.83. The fraction of sp³-hybridized carbons (Fsp3) is 0.514. The van der Waals surface area contributed by atoms with Crippen molar-refractivity contribution in [2.45, 2.75) is 84.3 Å². The van der Waals surface area contributed by atoms with Crippen molar-refractivity contribution in [2.75, 3.05) is 26.7 Å². The average Bonchev–Trinajstić information content (AvgIpc) is 3.09. The molecule has 9 nitrogen and oxygen atoms in total. The number of aliphatic hydroxyl groups is 1. The first-order valence-electron chi connectivity index (χ1n) is 15.9. The largest absolute Gasteiger partial charge is 0.491 e. The van der Waals surface area contributed by atoms with Crippen LogP contribution in [0.15, 0.2) is 58.5 Å². The molecule has 1 fully saturated rings. The maximum Gasteiger partial charge on any atom is 0.400 e. The van der Waals surface area contributed by atoms with Gasteiger partial charge in [-0.3, -0.25) is 10.1 Å². The van der Waals surface area contributed by atoms with Crippen LogP contribution in [-0.4, -0.2) is 72.1 Å². The fourth-order valence-corrected chi connectivity index (χ4v) is 5.58. The Morgan fingerprint density at radius 2 is 1.91 bits per heavy atom. The lowest BCUT2D eigenvalue weighted by Crippen LogP contribution is -2.53. The van der Waals surface area contributed by atoms with E-state index in [4.69, 9.17) is 9.47 Å². The molecule has 47 heavy (non-hydrogen) atoms. The highest BCUT2D eigenvalue weighted by molar-refractivity contribution is 6.07. The van der Waals surface area contributed by atoms with E-state index in [0.717, 1.165) is 32.9 Å². The van der Waals surface area contributed by atoms with E-state index in [1.165, 1.54) is 13.0 Å². The van der Waals surface area contributed by atoms with Crippen LogP contribution in [0.5, 0.6) is 11.5 Å². The van der Waals surface area contributed by atoms with E-state index in [9.17, 15) is 23.1 Å². The van der Waals surface area contributed by atoms with Gasteiger partial charge < -0.3 is 24.8 Å². The molecule has 0 spiro atoms. The van der Waals surface area contributed by atoms with Crippen molar-refractivity contribution in [1.29, 1.82) is 0 Å². The molecule has 2 aliphatic heterocycles. The zero-order valence-corrected chi connectivity index (χ0v) is 28.2. The van der Waals surface area contributed by atoms with Gasteiger partial charge >= 0.3 is 6.18 Å². The van der Waals surface area contributed by atoms with Crippen molar-refractivity contribution in [3.05, 3.63) is 65.2 Å². The number of likely N-dealkylation sites (tertiary alicyclic amines) is 1. The summed E-state index contributed by atoms with van der Waals surface area (Å²) in [5.41, 5.74) is -0.314. The maximum absolute atomic E-state index is 14.2. The second-order valence-electron chi connectivity index (χ2n) is 13.3. The number of ether oxygens (including phenoxy) is 2. The summed E-state index contributed by atoms with van der Waals surface area (Å²) in [7, 11) is 2.05. The van der Waals surface area contributed by atoms with Crippen molar-refractivity contribution < 1.29 is 32.5 Å². The Morgan fingerprint density at radius 3 is 2.53 bits per heavy atom. The number of carbonyl (C=O) groups is 1. The van der Waals surface area contributed by atoms with Gasteiger partial charge in [-0.25, -0.2) is 4.99 Å². The molecule has 12 heteroatoms. The first-order valence-corrected chi connectivity index (χ1v) is 15.9. The number of rotatable bonds is 7. The number of aryl methyl sites for hydroxylation is 1. The van der Waals surface area contributed by atoms with Gasteiger partial charge in [0.05, 0.1) is 11.3 Å². The second-order valence-corrected chi connectivity index (χ2v) is 13.3. The number of halogens is 3. The molecule has 3 N–H and O–H groups in total. The Balaban J connectivity index is 1.72. The Bertz CT molecular complexity index is 1540. The number of nitrogens with one attached hydrogen (secondary N) is 2. The molecule has 2 unspecified atom stereocenters. The van der Waals surface area contributed by atoms with Gasteiger partial charge in [0, 0.05) is 17.1 Å². The fourth-order valence-electron chi connectivity index (χ4n) is 5.58. The van der Waals surface area contributed by atoms with Crippen LogP contribution < -0.4 is 20.1 Å². The van der Waals surface area contributed by atoms with Crippen LogP contribution in [0.3, 0.4) is 0 Å². The van der Waals surface area contributed by atoms with Crippen molar-refractivity contribution in [3.8, 4) is 11.5 Å². The monoisotopic (exact) mass is 657 g/mol. The number of carbonyl (C=O) groups excluding carboxylic acids is 1. The van der Waals surface area contributed by atoms with Gasteiger partial charge in [-0.15, -0.1) is 0 Å². The number of aliphatic imine (C=N–C) groups is 2. The summed E-state index contributed by atoms with van der Waals surface area (Å²) >= 11 is 0. The van der Waals surface area contributed by atoms with Gasteiger partial charge in [0.15, 0.2) is 5.84 Å². The highest BCUT2D eigenvalue weighted by atomic mass is 19.4. The molecule has 256 valence electrons. The summed E-state index contributed by atoms with van der Waals surface area (Å²) in [6.45, 7) is 15.7. The first-order chi connectivity index (χ1) is 21.9. The Hall–Kier alpha value is -3.74. The third-order valence-electron chi connectivity index (χ3n) is 8.42. The molecule has 0 aliphatic carbocycles. The van der Waals surface area contributed by atoms with Crippen molar-refractivity contribution in [3.63, 3.8) is 0 Å². The molecular formula is C35H46F3N5O4. The number of alkyl halides is 3. The number of hydrogen-bond donors (Lipinski definition) is 3. The zero-order valence-electron chi connectivity index (χ0n) is 28.2. The number of nitrogens with zero attached hydrogens (tertiary/aromatic N) is 3. The number of fused-ring (bicyclic) bond motifs is 1. The lowest BCUT2D eigenvalue weighted by atomic mass is 9.98. The molecule has 0 aromatic heterocycles. The van der Waals surface area contributed by atoms with Crippen LogP contribution in [0.4, 0.5) is 18.9 Å². The van der Waals surface area contributed by atoms with E-state index < -0.39 is 29.3 Å². The van der Waals surface area contributed by atoms with Gasteiger partial charge in [0.1, 0.15) is 29.7 Å². The summed E-state index contributed by atoms with van der Waals surface area (Å²) in [6, 6.07) is 9.73. The third-order valence-corrected chi connectivity index (χ3v) is 8.42. The molecule has 2 aromatic rings. The van der Waals surface area contributed by atoms with Crippen LogP contribution in [0.2, 0.25) is 0 Å². The molecular weight excluding hydrogens is 611 g/mol. The van der Waals surface area contributed by atoms with Crippen molar-refractivity contribution in [2.24, 2.45) is 15.9 Å². The number of amidine groups is 1. The van der Waals surface area contributed by atoms with Crippen LogP contribution in [0, 0.1) is 12.8 Å². The SMILES string of the molecule is C=C(CC)C(=Nc1ccc(C(=O)NC2CCN(C)CC2)cc1C)N=C(Oc1cccc2c1C(C)(O)NC(C)(C)CO2)C(C)C(F)(F)F. The minimum absolute atomic E-state index is 0.0467. The van der Waals surface area contributed by atoms with Crippen LogP contribution >= 0.6 is 0 Å². The minimum Gasteiger partial charge on any atom is -0.491 e. The minimum atomic E-state index is -4.71. The van der Waals surface area contributed by atoms with E-state index >= 15 is 0 Å². The summed E-state index contributed by atoms with van der Waals surface area (Å²) in [4.78, 5) is 24.1. The molecule has 0 bridgehead atoms. The molecule has 2 heterocycles. The lowest BCUT2D eigenvalue weighted by molar-refractivity contribution is -0.153. The Labute approximate surface area is 275 Å². The predicted molar refractivity (Wildman–Crippen MR) is 178 cm³/mol. The topological polar surface area (TPSA) is 108 Å². The maximum atomic E-state index is 14.2. The van der Waals surface area contributed by atoms with Gasteiger partial charge in [0.25, 0.3) is 5.91 Å². The quantitative estimate of drug-likeness (QED) is 0.235. The van der Waals surface area contributed by atoms with Gasteiger partial charge in [-0.05, 0) is 115 Å². The van der Waals surface area contributed by atoms with Crippen molar-refractivity contribution >= 4 is 23.3 Å². The summed E-state index contributed by atoms with van der Waals surface area (Å²) in [6.07, 6.45) is -2.61. The number of piperidine rings is 1. The molecule has 0 saturated carbocycles. The zero-order chi connectivity index (χ0) is 34.7. The van der Waals surface area contributed by atoms with E-state index in [2.05, 4.69) is 39.1 Å². The highest BCUT2D eigenvalue weighted by Gasteiger charge is 2.43. The average molecular weight is 658 g/mol. The normalized spacial score (nSPS) is 21.7. The number of amides is 1. The smallest absolute Gasteiger partial charge is 0.400 e. The lowest BCUT2D eigenvalue weighted by Gasteiger charge is -2.33. The highest BCUT2D eigenvalue weighted by Crippen LogP contribution is 2.41. The van der Waals surface area contributed by atoms with Gasteiger partial charge in [-0.2, -0.15) is 18.2 Å². The van der Waals surface area contributed by atoms with Gasteiger partial charge in [-0.1, -0.05) is 19.6 Å². The Kier molecular flexibility index (Phi) is 10.9. The van der Waals surface area contributed by atoms with Crippen LogP contribution in [0.1, 0.15) is 75.4 Å². The van der Waals surface area contributed by atoms with E-state index in [-0.39, 0.29) is 41.5 Å². The second kappa shape index (κ2) is 14.2. The number of benzene rings is 2. The molecule has 4 rings (SSSR count). The standard InChI is InChI=1S/C35H46F3N5O4/c1-9-21(2)30(40-26-14-13-24(19-22(26)3)31(44)39-25-15-17-43(8)18-16-25)41-32(23(4)35(36,37)38)47-28-12-10-11-27-29(28)34(7,45)42-33(5,6)20-46-27/h10-14,19,23,25,42,45H,2,9,15-18,20H2,1,3-8H3,(H,39,44). The Morgan fingerprint density at radius 1 is 1.23 bits per heavy atom. The van der Waals surface area contributed by atoms with E-state index in [1.807, 2.05) is 13.8 Å². The first kappa shape index (κ1) is 36.1. The molecule has 1 amide bonds. The third kappa shape index (κ3) is 9.00. The number of hydrogen-bond acceptors (Lipinski definition) is 7. The molecule has 1 saturated heterocycles. The predicted octanol–water partition coefficient (Wildman–Crippen LogP) is 6.42. The summed E-state index contributed by atoms with van der Waals surface area (Å²) in [5, 5.41) is 17.6. The van der Waals surface area contributed by atoms with E-state index in [1.54, 1.807) is 44.2 Å². The molecule has 2 aromatic carbocycles. The van der Waals surface area contributed by atoms with Crippen LogP contribution in [-0.2, 0) is 5.72 Å². The van der Waals surface area contributed by atoms with E-state index in [0.29, 0.717) is 28.8 Å². The molecule has 2 aliphatic rings. The molecule has 0 radical (unpaired) electrons. The van der Waals surface area contributed by atoms with Gasteiger partial charge in [0.2, 0.25) is 5.90 Å². The van der Waals surface area contributed by atoms with Crippen molar-refractivity contribution in [1.82, 2.24) is 15.5 Å².